The maximum absolute atomic E-state index is 13.6. The Bertz CT molecular complexity index is 1160. The van der Waals surface area contributed by atoms with E-state index in [2.05, 4.69) is 10.6 Å². The minimum Gasteiger partial charge on any atom is -0.507 e. The average molecular weight is 529 g/mol. The molecule has 38 heavy (non-hydrogen) atoms. The van der Waals surface area contributed by atoms with E-state index in [1.54, 1.807) is 64.1 Å². The van der Waals surface area contributed by atoms with E-state index >= 15 is 0 Å². The number of nitrogens with two attached hydrogens (primary N) is 1. The van der Waals surface area contributed by atoms with Crippen molar-refractivity contribution >= 4 is 29.5 Å². The summed E-state index contributed by atoms with van der Waals surface area (Å²) in [5.74, 6) is -1.53. The Morgan fingerprint density at radius 3 is 2.26 bits per heavy atom. The summed E-state index contributed by atoms with van der Waals surface area (Å²) < 4.78 is 10.4. The number of primary amides is 1. The van der Waals surface area contributed by atoms with Crippen LogP contribution >= 0.6 is 0 Å². The second-order valence-corrected chi connectivity index (χ2v) is 9.79. The van der Waals surface area contributed by atoms with Crippen molar-refractivity contribution in [3.8, 4) is 11.5 Å². The van der Waals surface area contributed by atoms with Crippen molar-refractivity contribution in [1.29, 1.82) is 0 Å². The number of hydrogen-bond acceptors (Lipinski definition) is 7. The molecule has 2 aromatic carbocycles. The summed E-state index contributed by atoms with van der Waals surface area (Å²) in [5, 5.41) is 16.0. The Kier molecular flexibility index (Phi) is 10.1. The highest BCUT2D eigenvalue weighted by atomic mass is 16.6. The second-order valence-electron chi connectivity index (χ2n) is 9.79. The van der Waals surface area contributed by atoms with Gasteiger partial charge in [-0.3, -0.25) is 14.4 Å². The summed E-state index contributed by atoms with van der Waals surface area (Å²) in [6.07, 6.45) is -1.19. The maximum atomic E-state index is 13.6. The fourth-order valence-electron chi connectivity index (χ4n) is 3.68. The number of benzene rings is 2. The monoisotopic (exact) mass is 528 g/mol. The van der Waals surface area contributed by atoms with E-state index in [-0.39, 0.29) is 24.2 Å². The van der Waals surface area contributed by atoms with E-state index in [9.17, 15) is 24.3 Å². The molecule has 0 aliphatic heterocycles. The molecular weight excluding hydrogens is 492 g/mol. The number of ether oxygens (including phenoxy) is 2. The smallest absolute Gasteiger partial charge is 0.408 e. The van der Waals surface area contributed by atoms with Gasteiger partial charge in [0.25, 0.3) is 5.91 Å². The number of para-hydroxylation sites is 1. The summed E-state index contributed by atoms with van der Waals surface area (Å²) in [6, 6.07) is 8.91. The third-order valence-electron chi connectivity index (χ3n) is 5.57. The van der Waals surface area contributed by atoms with Crippen molar-refractivity contribution in [1.82, 2.24) is 10.2 Å². The Morgan fingerprint density at radius 2 is 1.71 bits per heavy atom. The number of alkyl carbamates (subject to hydrolysis) is 1. The van der Waals surface area contributed by atoms with Crippen LogP contribution in [0.25, 0.3) is 0 Å². The zero-order chi connectivity index (χ0) is 28.6. The molecule has 0 saturated carbocycles. The average Bonchev–Trinajstić information content (AvgIpc) is 2.83. The summed E-state index contributed by atoms with van der Waals surface area (Å²) in [6.45, 7) is 6.66. The van der Waals surface area contributed by atoms with Crippen molar-refractivity contribution in [3.05, 3.63) is 53.6 Å². The van der Waals surface area contributed by atoms with Gasteiger partial charge in [0.05, 0.1) is 7.11 Å². The summed E-state index contributed by atoms with van der Waals surface area (Å²) in [7, 11) is 2.89. The van der Waals surface area contributed by atoms with Crippen LogP contribution in [-0.4, -0.2) is 59.6 Å². The van der Waals surface area contributed by atoms with Crippen LogP contribution in [0.15, 0.2) is 42.5 Å². The summed E-state index contributed by atoms with van der Waals surface area (Å²) in [5.41, 5.74) is 5.56. The minimum atomic E-state index is -1.29. The van der Waals surface area contributed by atoms with Gasteiger partial charge in [0.1, 0.15) is 29.2 Å². The molecule has 2 rings (SSSR count). The Balaban J connectivity index is 2.43. The lowest BCUT2D eigenvalue weighted by Crippen LogP contribution is -2.51. The van der Waals surface area contributed by atoms with Gasteiger partial charge < -0.3 is 35.8 Å². The largest absolute Gasteiger partial charge is 0.507 e. The SMILES string of the molecule is COc1ccc(NC(=O)C(c2cccc(C)c2O)N(C)C(=O)C(CCC(N)=O)NC(=O)OC(C)(C)C)cc1. The van der Waals surface area contributed by atoms with Gasteiger partial charge in [-0.15, -0.1) is 0 Å². The third kappa shape index (κ3) is 8.39. The van der Waals surface area contributed by atoms with Crippen LogP contribution in [0.4, 0.5) is 10.5 Å². The zero-order valence-electron chi connectivity index (χ0n) is 22.5. The van der Waals surface area contributed by atoms with Crippen molar-refractivity contribution in [2.24, 2.45) is 5.73 Å². The Morgan fingerprint density at radius 1 is 1.08 bits per heavy atom. The standard InChI is InChI=1S/C27H36N4O7/c1-16-8-7-9-19(23(16)33)22(24(34)29-17-10-12-18(37-6)13-11-17)31(5)25(35)20(14-15-21(28)32)30-26(36)38-27(2,3)4/h7-13,20,22,33H,14-15H2,1-6H3,(H2,28,32)(H,29,34)(H,30,36). The molecule has 2 atom stereocenters. The topological polar surface area (TPSA) is 160 Å². The van der Waals surface area contributed by atoms with E-state index in [1.165, 1.54) is 20.2 Å². The minimum absolute atomic E-state index is 0.121. The van der Waals surface area contributed by atoms with Gasteiger partial charge in [0.15, 0.2) is 0 Å². The molecule has 0 spiro atoms. The number of nitrogens with one attached hydrogen (secondary N) is 2. The highest BCUT2D eigenvalue weighted by molar-refractivity contribution is 5.99. The quantitative estimate of drug-likeness (QED) is 0.369. The van der Waals surface area contributed by atoms with Crippen molar-refractivity contribution < 1.29 is 33.8 Å². The summed E-state index contributed by atoms with van der Waals surface area (Å²) >= 11 is 0. The molecule has 0 bridgehead atoms. The highest BCUT2D eigenvalue weighted by Gasteiger charge is 2.35. The van der Waals surface area contributed by atoms with Gasteiger partial charge in [-0.1, -0.05) is 18.2 Å². The molecule has 2 unspecified atom stereocenters. The molecule has 0 aromatic heterocycles. The van der Waals surface area contributed by atoms with Gasteiger partial charge in [-0.2, -0.15) is 0 Å². The van der Waals surface area contributed by atoms with Gasteiger partial charge in [0, 0.05) is 24.7 Å². The van der Waals surface area contributed by atoms with Crippen LogP contribution in [0, 0.1) is 6.92 Å². The normalized spacial score (nSPS) is 12.6. The predicted octanol–water partition coefficient (Wildman–Crippen LogP) is 3.01. The van der Waals surface area contributed by atoms with E-state index in [0.717, 1.165) is 4.90 Å². The molecule has 4 amide bonds. The Labute approximate surface area is 222 Å². The first-order valence-corrected chi connectivity index (χ1v) is 12.0. The van der Waals surface area contributed by atoms with Crippen molar-refractivity contribution in [2.75, 3.05) is 19.5 Å². The van der Waals surface area contributed by atoms with E-state index < -0.39 is 41.5 Å². The molecule has 11 nitrogen and oxygen atoms in total. The van der Waals surface area contributed by atoms with Crippen LogP contribution in [-0.2, 0) is 19.1 Å². The molecule has 2 aromatic rings. The zero-order valence-corrected chi connectivity index (χ0v) is 22.5. The fourth-order valence-corrected chi connectivity index (χ4v) is 3.68. The number of rotatable bonds is 10. The number of anilines is 1. The predicted molar refractivity (Wildman–Crippen MR) is 142 cm³/mol. The first kappa shape index (κ1) is 29.9. The number of nitrogens with zero attached hydrogens (tertiary/aromatic N) is 1. The van der Waals surface area contributed by atoms with E-state index in [4.69, 9.17) is 15.2 Å². The number of amides is 4. The first-order chi connectivity index (χ1) is 17.7. The van der Waals surface area contributed by atoms with Crippen molar-refractivity contribution in [2.45, 2.75) is 58.2 Å². The van der Waals surface area contributed by atoms with E-state index in [1.807, 2.05) is 0 Å². The van der Waals surface area contributed by atoms with Gasteiger partial charge >= 0.3 is 6.09 Å². The molecule has 0 saturated heterocycles. The van der Waals surface area contributed by atoms with Gasteiger partial charge in [-0.05, 0) is 63.9 Å². The number of phenols is 1. The number of aryl methyl sites for hydroxylation is 1. The molecule has 206 valence electrons. The number of phenolic OH excluding ortho intramolecular Hbond substituents is 1. The lowest BCUT2D eigenvalue weighted by atomic mass is 9.99. The number of carbonyl (C=O) groups excluding carboxylic acids is 4. The highest BCUT2D eigenvalue weighted by Crippen LogP contribution is 2.32. The maximum Gasteiger partial charge on any atom is 0.408 e. The lowest BCUT2D eigenvalue weighted by molar-refractivity contribution is -0.139. The number of aromatic hydroxyl groups is 1. The molecule has 5 N–H and O–H groups in total. The molecule has 0 aliphatic carbocycles. The first-order valence-electron chi connectivity index (χ1n) is 12.0. The third-order valence-corrected chi connectivity index (χ3v) is 5.57. The number of hydrogen-bond donors (Lipinski definition) is 4. The lowest BCUT2D eigenvalue weighted by Gasteiger charge is -2.32. The molecule has 0 fully saturated rings. The Hall–Kier alpha value is -4.28. The molecule has 0 aliphatic rings. The van der Waals surface area contributed by atoms with Crippen LogP contribution in [0.5, 0.6) is 11.5 Å². The number of methoxy groups -OCH3 is 1. The molecular formula is C27H36N4O7. The van der Waals surface area contributed by atoms with E-state index in [0.29, 0.717) is 17.0 Å². The number of likely N-dealkylation sites (N-methyl/N-ethyl adjacent to an activating group) is 1. The van der Waals surface area contributed by atoms with Crippen LogP contribution < -0.4 is 21.1 Å². The molecule has 0 radical (unpaired) electrons. The molecule has 11 heteroatoms. The molecule has 0 heterocycles. The van der Waals surface area contributed by atoms with Crippen LogP contribution in [0.3, 0.4) is 0 Å². The van der Waals surface area contributed by atoms with Gasteiger partial charge in [0.2, 0.25) is 11.8 Å². The van der Waals surface area contributed by atoms with Crippen LogP contribution in [0.2, 0.25) is 0 Å². The summed E-state index contributed by atoms with van der Waals surface area (Å²) in [4.78, 5) is 52.2. The van der Waals surface area contributed by atoms with Crippen LogP contribution in [0.1, 0.15) is 50.8 Å². The fraction of sp³-hybridized carbons (Fsp3) is 0.407. The van der Waals surface area contributed by atoms with Crippen molar-refractivity contribution in [3.63, 3.8) is 0 Å². The van der Waals surface area contributed by atoms with Gasteiger partial charge in [-0.25, -0.2) is 4.79 Å². The number of carbonyl (C=O) groups is 4. The second kappa shape index (κ2) is 12.8.